The molecule has 1 aliphatic carbocycles. The van der Waals surface area contributed by atoms with Crippen LogP contribution in [-0.2, 0) is 16.1 Å². The zero-order valence-corrected chi connectivity index (χ0v) is 12.2. The van der Waals surface area contributed by atoms with Crippen molar-refractivity contribution in [2.24, 2.45) is 11.8 Å². The number of rotatable bonds is 5. The van der Waals surface area contributed by atoms with Gasteiger partial charge in [-0.15, -0.1) is 0 Å². The summed E-state index contributed by atoms with van der Waals surface area (Å²) >= 11 is 0. The molecule has 3 rings (SSSR count). The molecule has 2 atom stereocenters. The van der Waals surface area contributed by atoms with Crippen LogP contribution in [0.1, 0.15) is 12.1 Å². The first-order chi connectivity index (χ1) is 10.6. The first kappa shape index (κ1) is 15.1. The molecule has 2 aliphatic rings. The van der Waals surface area contributed by atoms with Gasteiger partial charge < -0.3 is 15.0 Å². The first-order valence-corrected chi connectivity index (χ1v) is 7.49. The minimum atomic E-state index is -2.40. The van der Waals surface area contributed by atoms with Crippen molar-refractivity contribution in [3.63, 3.8) is 0 Å². The molecule has 1 aromatic rings. The summed E-state index contributed by atoms with van der Waals surface area (Å²) < 4.78 is 30.2. The van der Waals surface area contributed by atoms with Crippen molar-refractivity contribution in [1.29, 1.82) is 0 Å². The smallest absolute Gasteiger partial charge is 0.242 e. The Morgan fingerprint density at radius 2 is 2.18 bits per heavy atom. The van der Waals surface area contributed by atoms with E-state index in [1.165, 1.54) is 0 Å². The van der Waals surface area contributed by atoms with Gasteiger partial charge in [-0.1, -0.05) is 6.07 Å². The fourth-order valence-electron chi connectivity index (χ4n) is 2.64. The Morgan fingerprint density at radius 3 is 2.86 bits per heavy atom. The van der Waals surface area contributed by atoms with Gasteiger partial charge in [0.05, 0.1) is 25.5 Å². The number of morpholine rings is 1. The maximum atomic E-state index is 12.4. The van der Waals surface area contributed by atoms with Crippen molar-refractivity contribution in [3.05, 3.63) is 23.9 Å². The average molecular weight is 311 g/mol. The normalized spacial score (nSPS) is 24.4. The third-order valence-electron chi connectivity index (χ3n) is 4.07. The van der Waals surface area contributed by atoms with E-state index in [-0.39, 0.29) is 18.9 Å². The summed E-state index contributed by atoms with van der Waals surface area (Å²) in [6.45, 7) is 3.21. The lowest BCUT2D eigenvalue weighted by Crippen LogP contribution is -2.37. The minimum Gasteiger partial charge on any atom is -0.378 e. The predicted molar refractivity (Wildman–Crippen MR) is 76.7 cm³/mol. The molecule has 1 saturated carbocycles. The molecule has 7 heteroatoms. The zero-order chi connectivity index (χ0) is 15.5. The van der Waals surface area contributed by atoms with Gasteiger partial charge in [0.1, 0.15) is 5.82 Å². The maximum Gasteiger partial charge on any atom is 0.242 e. The number of halogens is 2. The summed E-state index contributed by atoms with van der Waals surface area (Å²) in [6.07, 6.45) is -2.12. The highest BCUT2D eigenvalue weighted by Gasteiger charge is 2.48. The van der Waals surface area contributed by atoms with Gasteiger partial charge in [0.15, 0.2) is 0 Å². The molecule has 0 radical (unpaired) electrons. The molecule has 1 aromatic heterocycles. The van der Waals surface area contributed by atoms with Gasteiger partial charge in [-0.05, 0) is 18.6 Å². The van der Waals surface area contributed by atoms with Crippen molar-refractivity contribution >= 4 is 11.7 Å². The Morgan fingerprint density at radius 1 is 1.41 bits per heavy atom. The predicted octanol–water partition coefficient (Wildman–Crippen LogP) is 1.44. The number of amides is 1. The summed E-state index contributed by atoms with van der Waals surface area (Å²) in [6, 6.07) is 5.63. The molecule has 0 spiro atoms. The Labute approximate surface area is 127 Å². The second-order valence-corrected chi connectivity index (χ2v) is 5.64. The van der Waals surface area contributed by atoms with Crippen LogP contribution in [0.5, 0.6) is 0 Å². The monoisotopic (exact) mass is 311 g/mol. The lowest BCUT2D eigenvalue weighted by atomic mass is 10.3. The summed E-state index contributed by atoms with van der Waals surface area (Å²) in [4.78, 5) is 18.4. The number of ether oxygens (including phenoxy) is 1. The van der Waals surface area contributed by atoms with Crippen LogP contribution in [0, 0.1) is 11.8 Å². The highest BCUT2D eigenvalue weighted by atomic mass is 19.3. The van der Waals surface area contributed by atoms with E-state index in [1.54, 1.807) is 0 Å². The fourth-order valence-corrected chi connectivity index (χ4v) is 2.64. The number of alkyl halides is 2. The Balaban J connectivity index is 1.53. The largest absolute Gasteiger partial charge is 0.378 e. The number of pyridine rings is 1. The molecule has 0 aromatic carbocycles. The average Bonchev–Trinajstić information content (AvgIpc) is 3.35. The fraction of sp³-hybridized carbons (Fsp3) is 0.600. The second-order valence-electron chi connectivity index (χ2n) is 5.64. The molecule has 1 saturated heterocycles. The van der Waals surface area contributed by atoms with E-state index in [0.717, 1.165) is 24.6 Å². The van der Waals surface area contributed by atoms with E-state index in [1.807, 2.05) is 18.2 Å². The van der Waals surface area contributed by atoms with E-state index in [0.29, 0.717) is 13.2 Å². The molecule has 1 amide bonds. The molecular formula is C15H19F2N3O2. The number of hydrogen-bond donors (Lipinski definition) is 1. The number of nitrogens with one attached hydrogen (secondary N) is 1. The molecule has 1 aliphatic heterocycles. The Kier molecular flexibility index (Phi) is 4.52. The van der Waals surface area contributed by atoms with E-state index in [4.69, 9.17) is 4.74 Å². The van der Waals surface area contributed by atoms with Crippen LogP contribution in [-0.4, -0.2) is 43.6 Å². The number of aromatic nitrogens is 1. The van der Waals surface area contributed by atoms with Gasteiger partial charge in [-0.25, -0.2) is 13.8 Å². The number of carbonyl (C=O) groups excluding carboxylic acids is 1. The van der Waals surface area contributed by atoms with Gasteiger partial charge >= 0.3 is 0 Å². The van der Waals surface area contributed by atoms with Crippen LogP contribution in [0.15, 0.2) is 18.2 Å². The molecular weight excluding hydrogens is 292 g/mol. The molecule has 0 unspecified atom stereocenters. The SMILES string of the molecule is O=C(NCc1cccc(N2CCOCC2)n1)[C@H]1C[C@@H]1C(F)F. The van der Waals surface area contributed by atoms with Gasteiger partial charge in [-0.3, -0.25) is 4.79 Å². The maximum absolute atomic E-state index is 12.4. The van der Waals surface area contributed by atoms with E-state index in [2.05, 4.69) is 15.2 Å². The van der Waals surface area contributed by atoms with Gasteiger partial charge in [0, 0.05) is 24.9 Å². The lowest BCUT2D eigenvalue weighted by Gasteiger charge is -2.28. The topological polar surface area (TPSA) is 54.5 Å². The summed E-state index contributed by atoms with van der Waals surface area (Å²) in [5.41, 5.74) is 0.728. The molecule has 5 nitrogen and oxygen atoms in total. The minimum absolute atomic E-state index is 0.267. The van der Waals surface area contributed by atoms with Crippen LogP contribution in [0.2, 0.25) is 0 Å². The number of nitrogens with zero attached hydrogens (tertiary/aromatic N) is 2. The van der Waals surface area contributed by atoms with Crippen molar-refractivity contribution in [2.45, 2.75) is 19.4 Å². The van der Waals surface area contributed by atoms with Gasteiger partial charge in [0.2, 0.25) is 12.3 Å². The summed E-state index contributed by atoms with van der Waals surface area (Å²) in [5, 5.41) is 2.70. The summed E-state index contributed by atoms with van der Waals surface area (Å²) in [7, 11) is 0. The summed E-state index contributed by atoms with van der Waals surface area (Å²) in [5.74, 6) is -0.758. The van der Waals surface area contributed by atoms with Crippen LogP contribution in [0.25, 0.3) is 0 Å². The van der Waals surface area contributed by atoms with Crippen LogP contribution < -0.4 is 10.2 Å². The van der Waals surface area contributed by atoms with E-state index >= 15 is 0 Å². The molecule has 1 N–H and O–H groups in total. The van der Waals surface area contributed by atoms with Crippen molar-refractivity contribution in [1.82, 2.24) is 10.3 Å². The Hall–Kier alpha value is -1.76. The van der Waals surface area contributed by atoms with Crippen LogP contribution in [0.3, 0.4) is 0 Å². The molecule has 2 heterocycles. The molecule has 2 fully saturated rings. The third kappa shape index (κ3) is 3.52. The second kappa shape index (κ2) is 6.56. The van der Waals surface area contributed by atoms with Crippen LogP contribution in [0.4, 0.5) is 14.6 Å². The van der Waals surface area contributed by atoms with Gasteiger partial charge in [0.25, 0.3) is 0 Å². The third-order valence-corrected chi connectivity index (χ3v) is 4.07. The van der Waals surface area contributed by atoms with Crippen molar-refractivity contribution < 1.29 is 18.3 Å². The number of hydrogen-bond acceptors (Lipinski definition) is 4. The van der Waals surface area contributed by atoms with Gasteiger partial charge in [-0.2, -0.15) is 0 Å². The van der Waals surface area contributed by atoms with Crippen LogP contribution >= 0.6 is 0 Å². The van der Waals surface area contributed by atoms with Crippen molar-refractivity contribution in [3.8, 4) is 0 Å². The highest BCUT2D eigenvalue weighted by Crippen LogP contribution is 2.43. The van der Waals surface area contributed by atoms with E-state index < -0.39 is 18.3 Å². The standard InChI is InChI=1S/C15H19F2N3O2/c16-14(17)11-8-12(11)15(21)18-9-10-2-1-3-13(19-10)20-4-6-22-7-5-20/h1-3,11-12,14H,4-9H2,(H,18,21)/t11-,12-/m0/s1. The quantitative estimate of drug-likeness (QED) is 0.894. The first-order valence-electron chi connectivity index (χ1n) is 7.49. The Bertz CT molecular complexity index is 535. The molecule has 120 valence electrons. The number of carbonyl (C=O) groups is 1. The van der Waals surface area contributed by atoms with Crippen molar-refractivity contribution in [2.75, 3.05) is 31.2 Å². The lowest BCUT2D eigenvalue weighted by molar-refractivity contribution is -0.123. The molecule has 0 bridgehead atoms. The molecule has 22 heavy (non-hydrogen) atoms. The highest BCUT2D eigenvalue weighted by molar-refractivity contribution is 5.81. The number of anilines is 1. The van der Waals surface area contributed by atoms with E-state index in [9.17, 15) is 13.6 Å². The zero-order valence-electron chi connectivity index (χ0n) is 12.2.